The standard InChI is InChI=1S/C26H30FN5O3/c1-28-26(29-2)24(15-33)32(30-3)25-20(16-35-18-8-6-5-7-9-18)19(11-13-22(25)31-26)17-10-12-21(27)23(14-17)34-4/h5-15,24,28-31H,16H2,1-4H3. The molecule has 1 heterocycles. The fourth-order valence-electron chi connectivity index (χ4n) is 4.51. The molecule has 1 aliphatic heterocycles. The number of anilines is 2. The number of ether oxygens (including phenoxy) is 2. The van der Waals surface area contributed by atoms with E-state index in [-0.39, 0.29) is 12.4 Å². The van der Waals surface area contributed by atoms with Gasteiger partial charge in [0.05, 0.1) is 18.5 Å². The Bertz CT molecular complexity index is 1190. The highest BCUT2D eigenvalue weighted by Gasteiger charge is 2.46. The molecule has 0 radical (unpaired) electrons. The van der Waals surface area contributed by atoms with Gasteiger partial charge in [0.25, 0.3) is 0 Å². The minimum Gasteiger partial charge on any atom is -0.494 e. The Morgan fingerprint density at radius 1 is 1.09 bits per heavy atom. The first-order valence-corrected chi connectivity index (χ1v) is 11.3. The molecule has 8 nitrogen and oxygen atoms in total. The maximum absolute atomic E-state index is 14.2. The number of hydrogen-bond donors (Lipinski definition) is 4. The first kappa shape index (κ1) is 24.5. The SMILES string of the molecule is CNN1c2c(ccc(-c3ccc(F)c(OC)c3)c2COc2ccccc2)NC(NC)(NC)C1C=O. The van der Waals surface area contributed by atoms with Crippen molar-refractivity contribution in [3.63, 3.8) is 0 Å². The maximum Gasteiger partial charge on any atom is 0.173 e. The number of fused-ring (bicyclic) bond motifs is 1. The van der Waals surface area contributed by atoms with Gasteiger partial charge < -0.3 is 19.6 Å². The van der Waals surface area contributed by atoms with Crippen LogP contribution in [-0.4, -0.2) is 46.4 Å². The topological polar surface area (TPSA) is 86.9 Å². The molecular formula is C26H30FN5O3. The van der Waals surface area contributed by atoms with Crippen LogP contribution in [0.4, 0.5) is 15.8 Å². The summed E-state index contributed by atoms with van der Waals surface area (Å²) >= 11 is 0. The molecule has 35 heavy (non-hydrogen) atoms. The molecule has 4 rings (SSSR count). The first-order valence-electron chi connectivity index (χ1n) is 11.3. The average molecular weight is 480 g/mol. The molecule has 0 saturated heterocycles. The van der Waals surface area contributed by atoms with E-state index < -0.39 is 17.6 Å². The maximum atomic E-state index is 14.2. The number of methoxy groups -OCH3 is 1. The summed E-state index contributed by atoms with van der Waals surface area (Å²) in [5, 5.41) is 11.6. The van der Waals surface area contributed by atoms with Crippen LogP contribution in [0.25, 0.3) is 11.1 Å². The van der Waals surface area contributed by atoms with E-state index in [2.05, 4.69) is 21.4 Å². The Hall–Kier alpha value is -3.66. The van der Waals surface area contributed by atoms with E-state index in [4.69, 9.17) is 9.47 Å². The minimum absolute atomic E-state index is 0.147. The number of hydrogen-bond acceptors (Lipinski definition) is 8. The second-order valence-corrected chi connectivity index (χ2v) is 8.05. The summed E-state index contributed by atoms with van der Waals surface area (Å²) in [5.74, 6) is -0.507. The zero-order valence-corrected chi connectivity index (χ0v) is 20.2. The zero-order valence-electron chi connectivity index (χ0n) is 20.2. The number of benzene rings is 3. The minimum atomic E-state index is -0.921. The van der Waals surface area contributed by atoms with Gasteiger partial charge in [-0.25, -0.2) is 9.82 Å². The molecule has 0 aromatic heterocycles. The van der Waals surface area contributed by atoms with Crippen LogP contribution in [0.5, 0.6) is 11.5 Å². The Morgan fingerprint density at radius 2 is 1.83 bits per heavy atom. The van der Waals surface area contributed by atoms with Gasteiger partial charge >= 0.3 is 0 Å². The molecule has 1 aliphatic rings. The van der Waals surface area contributed by atoms with Crippen molar-refractivity contribution in [2.45, 2.75) is 18.4 Å². The number of hydrazine groups is 1. The van der Waals surface area contributed by atoms with Gasteiger partial charge in [-0.1, -0.05) is 30.3 Å². The molecule has 9 heteroatoms. The molecule has 1 atom stereocenters. The van der Waals surface area contributed by atoms with Gasteiger partial charge in [-0.2, -0.15) is 0 Å². The Balaban J connectivity index is 1.91. The van der Waals surface area contributed by atoms with Gasteiger partial charge in [-0.3, -0.25) is 15.6 Å². The van der Waals surface area contributed by atoms with Gasteiger partial charge in [-0.15, -0.1) is 0 Å². The van der Waals surface area contributed by atoms with Gasteiger partial charge in [0.15, 0.2) is 23.4 Å². The fourth-order valence-corrected chi connectivity index (χ4v) is 4.51. The van der Waals surface area contributed by atoms with Crippen molar-refractivity contribution < 1.29 is 18.7 Å². The average Bonchev–Trinajstić information content (AvgIpc) is 2.91. The van der Waals surface area contributed by atoms with Gasteiger partial charge in [-0.05, 0) is 55.6 Å². The summed E-state index contributed by atoms with van der Waals surface area (Å²) in [6.07, 6.45) is 0.870. The van der Waals surface area contributed by atoms with Crippen molar-refractivity contribution in [3.05, 3.63) is 72.0 Å². The summed E-state index contributed by atoms with van der Waals surface area (Å²) in [6.45, 7) is 0.208. The summed E-state index contributed by atoms with van der Waals surface area (Å²) in [5.41, 5.74) is 7.11. The van der Waals surface area contributed by atoms with Gasteiger partial charge in [0, 0.05) is 12.6 Å². The Labute approximate surface area is 204 Å². The van der Waals surface area contributed by atoms with E-state index >= 15 is 0 Å². The third-order valence-electron chi connectivity index (χ3n) is 6.32. The molecule has 3 aromatic carbocycles. The van der Waals surface area contributed by atoms with Crippen LogP contribution in [0.15, 0.2) is 60.7 Å². The number of halogens is 1. The third kappa shape index (κ3) is 4.41. The predicted octanol–water partition coefficient (Wildman–Crippen LogP) is 3.11. The highest BCUT2D eigenvalue weighted by molar-refractivity contribution is 5.88. The van der Waals surface area contributed by atoms with Crippen LogP contribution in [-0.2, 0) is 11.4 Å². The summed E-state index contributed by atoms with van der Waals surface area (Å²) in [7, 11) is 6.75. The molecule has 0 fully saturated rings. The van der Waals surface area contributed by atoms with Crippen molar-refractivity contribution in [1.82, 2.24) is 16.1 Å². The van der Waals surface area contributed by atoms with Crippen LogP contribution < -0.4 is 35.9 Å². The second kappa shape index (κ2) is 10.3. The number of nitrogens with one attached hydrogen (secondary N) is 4. The number of para-hydroxylation sites is 1. The van der Waals surface area contributed by atoms with Gasteiger partial charge in [0.1, 0.15) is 18.6 Å². The van der Waals surface area contributed by atoms with Crippen LogP contribution in [0.1, 0.15) is 5.56 Å². The van der Waals surface area contributed by atoms with E-state index in [9.17, 15) is 9.18 Å². The largest absolute Gasteiger partial charge is 0.494 e. The highest BCUT2D eigenvalue weighted by atomic mass is 19.1. The molecule has 0 amide bonds. The van der Waals surface area contributed by atoms with Crippen molar-refractivity contribution >= 4 is 17.7 Å². The Kier molecular flexibility index (Phi) is 7.20. The molecule has 0 bridgehead atoms. The molecule has 3 aromatic rings. The molecule has 0 aliphatic carbocycles. The van der Waals surface area contributed by atoms with Crippen molar-refractivity contribution in [3.8, 4) is 22.6 Å². The van der Waals surface area contributed by atoms with Crippen LogP contribution in [0.2, 0.25) is 0 Å². The normalized spacial score (nSPS) is 16.3. The number of carbonyl (C=O) groups is 1. The Morgan fingerprint density at radius 3 is 2.46 bits per heavy atom. The lowest BCUT2D eigenvalue weighted by molar-refractivity contribution is -0.110. The van der Waals surface area contributed by atoms with Crippen molar-refractivity contribution in [2.24, 2.45) is 0 Å². The van der Waals surface area contributed by atoms with Crippen LogP contribution >= 0.6 is 0 Å². The summed E-state index contributed by atoms with van der Waals surface area (Å²) in [6, 6.07) is 17.4. The molecule has 0 saturated carbocycles. The van der Waals surface area contributed by atoms with Gasteiger partial charge in [0.2, 0.25) is 0 Å². The first-order chi connectivity index (χ1) is 17.0. The monoisotopic (exact) mass is 479 g/mol. The summed E-state index contributed by atoms with van der Waals surface area (Å²) in [4.78, 5) is 12.3. The van der Waals surface area contributed by atoms with E-state index in [1.807, 2.05) is 42.5 Å². The van der Waals surface area contributed by atoms with Crippen molar-refractivity contribution in [2.75, 3.05) is 38.6 Å². The molecular weight excluding hydrogens is 449 g/mol. The molecule has 0 spiro atoms. The van der Waals surface area contributed by atoms with E-state index in [0.717, 1.165) is 34.4 Å². The number of carbonyl (C=O) groups excluding carboxylic acids is 1. The smallest absolute Gasteiger partial charge is 0.173 e. The second-order valence-electron chi connectivity index (χ2n) is 8.05. The highest BCUT2D eigenvalue weighted by Crippen LogP contribution is 2.43. The van der Waals surface area contributed by atoms with Crippen molar-refractivity contribution in [1.29, 1.82) is 0 Å². The fraction of sp³-hybridized carbons (Fsp3) is 0.269. The molecule has 1 unspecified atom stereocenters. The molecule has 184 valence electrons. The van der Waals surface area contributed by atoms with Crippen LogP contribution in [0, 0.1) is 5.82 Å². The number of nitrogens with zero attached hydrogens (tertiary/aromatic N) is 1. The number of aldehydes is 1. The molecule has 4 N–H and O–H groups in total. The van der Waals surface area contributed by atoms with E-state index in [0.29, 0.717) is 5.75 Å². The predicted molar refractivity (Wildman–Crippen MR) is 135 cm³/mol. The quantitative estimate of drug-likeness (QED) is 0.275. The lowest BCUT2D eigenvalue weighted by Crippen LogP contribution is -2.75. The number of likely N-dealkylation sites (N-methyl/N-ethyl adjacent to an activating group) is 2. The third-order valence-corrected chi connectivity index (χ3v) is 6.32. The number of rotatable bonds is 9. The lowest BCUT2D eigenvalue weighted by Gasteiger charge is -2.50. The lowest BCUT2D eigenvalue weighted by atomic mass is 9.93. The van der Waals surface area contributed by atoms with E-state index in [1.165, 1.54) is 13.2 Å². The van der Waals surface area contributed by atoms with Crippen LogP contribution in [0.3, 0.4) is 0 Å². The zero-order chi connectivity index (χ0) is 25.0. The van der Waals surface area contributed by atoms with E-state index in [1.54, 1.807) is 38.3 Å². The summed E-state index contributed by atoms with van der Waals surface area (Å²) < 4.78 is 25.6.